The van der Waals surface area contributed by atoms with Crippen LogP contribution < -0.4 is 10.2 Å². The predicted octanol–water partition coefficient (Wildman–Crippen LogP) is 5.72. The van der Waals surface area contributed by atoms with E-state index in [0.717, 1.165) is 42.9 Å². The first kappa shape index (κ1) is 18.5. The lowest BCUT2D eigenvalue weighted by atomic mass is 10.0. The van der Waals surface area contributed by atoms with Gasteiger partial charge in [0.05, 0.1) is 16.4 Å². The maximum absolute atomic E-state index is 12.4. The summed E-state index contributed by atoms with van der Waals surface area (Å²) in [6, 6.07) is 13.9. The Hall–Kier alpha value is -2.26. The van der Waals surface area contributed by atoms with Gasteiger partial charge >= 0.3 is 0 Å². The van der Waals surface area contributed by atoms with Crippen LogP contribution in [0.15, 0.2) is 48.5 Å². The molecule has 0 atom stereocenters. The zero-order valence-corrected chi connectivity index (χ0v) is 16.1. The minimum atomic E-state index is -0.152. The molecule has 2 aromatic carbocycles. The van der Waals surface area contributed by atoms with E-state index in [1.54, 1.807) is 6.08 Å². The molecule has 1 heterocycles. The first-order valence-electron chi connectivity index (χ1n) is 9.17. The van der Waals surface area contributed by atoms with E-state index in [-0.39, 0.29) is 5.91 Å². The highest BCUT2D eigenvalue weighted by atomic mass is 35.5. The number of anilines is 2. The summed E-state index contributed by atoms with van der Waals surface area (Å²) in [7, 11) is 0. The van der Waals surface area contributed by atoms with Crippen molar-refractivity contribution >= 4 is 35.0 Å². The van der Waals surface area contributed by atoms with Crippen molar-refractivity contribution in [2.45, 2.75) is 32.6 Å². The van der Waals surface area contributed by atoms with Crippen LogP contribution in [0, 0.1) is 0 Å². The summed E-state index contributed by atoms with van der Waals surface area (Å²) < 4.78 is 0. The summed E-state index contributed by atoms with van der Waals surface area (Å²) in [6.45, 7) is 6.29. The molecule has 2 aromatic rings. The second-order valence-corrected chi connectivity index (χ2v) is 7.38. The van der Waals surface area contributed by atoms with Crippen LogP contribution in [0.4, 0.5) is 11.4 Å². The number of carbonyl (C=O) groups is 1. The van der Waals surface area contributed by atoms with E-state index in [1.807, 2.05) is 36.4 Å². The average molecular weight is 369 g/mol. The lowest BCUT2D eigenvalue weighted by Gasteiger charge is -2.22. The molecule has 1 saturated heterocycles. The third-order valence-corrected chi connectivity index (χ3v) is 5.00. The normalized spacial score (nSPS) is 14.4. The fourth-order valence-corrected chi connectivity index (χ4v) is 3.51. The second-order valence-electron chi connectivity index (χ2n) is 6.97. The van der Waals surface area contributed by atoms with Gasteiger partial charge in [-0.25, -0.2) is 0 Å². The molecule has 1 fully saturated rings. The molecule has 4 heteroatoms. The molecule has 0 spiro atoms. The quantitative estimate of drug-likeness (QED) is 0.685. The van der Waals surface area contributed by atoms with Crippen molar-refractivity contribution < 1.29 is 4.79 Å². The first-order valence-corrected chi connectivity index (χ1v) is 9.55. The van der Waals surface area contributed by atoms with Gasteiger partial charge in [0.25, 0.3) is 0 Å². The van der Waals surface area contributed by atoms with E-state index in [4.69, 9.17) is 11.6 Å². The number of amides is 1. The zero-order chi connectivity index (χ0) is 18.5. The van der Waals surface area contributed by atoms with E-state index in [1.165, 1.54) is 5.56 Å². The highest BCUT2D eigenvalue weighted by Gasteiger charge is 2.19. The Morgan fingerprint density at radius 2 is 1.81 bits per heavy atom. The maximum atomic E-state index is 12.4. The second kappa shape index (κ2) is 8.41. The number of nitrogens with zero attached hydrogens (tertiary/aromatic N) is 1. The zero-order valence-electron chi connectivity index (χ0n) is 15.3. The number of hydrogen-bond acceptors (Lipinski definition) is 2. The highest BCUT2D eigenvalue weighted by molar-refractivity contribution is 6.34. The van der Waals surface area contributed by atoms with Crippen molar-refractivity contribution in [3.05, 3.63) is 64.7 Å². The molecule has 0 aliphatic carbocycles. The molecule has 26 heavy (non-hydrogen) atoms. The molecule has 1 N–H and O–H groups in total. The van der Waals surface area contributed by atoms with Gasteiger partial charge in [-0.05, 0) is 48.1 Å². The van der Waals surface area contributed by atoms with Gasteiger partial charge in [0.1, 0.15) is 0 Å². The summed E-state index contributed by atoms with van der Waals surface area (Å²) in [5.41, 5.74) is 4.00. The molecule has 0 saturated carbocycles. The molecule has 3 nitrogen and oxygen atoms in total. The third kappa shape index (κ3) is 4.47. The molecule has 1 amide bonds. The van der Waals surface area contributed by atoms with Gasteiger partial charge in [-0.1, -0.05) is 55.8 Å². The van der Waals surface area contributed by atoms with E-state index in [9.17, 15) is 4.79 Å². The van der Waals surface area contributed by atoms with E-state index >= 15 is 0 Å². The van der Waals surface area contributed by atoms with Crippen LogP contribution in [0.2, 0.25) is 5.02 Å². The predicted molar refractivity (Wildman–Crippen MR) is 111 cm³/mol. The van der Waals surface area contributed by atoms with Crippen molar-refractivity contribution in [1.29, 1.82) is 0 Å². The highest BCUT2D eigenvalue weighted by Crippen LogP contribution is 2.35. The summed E-state index contributed by atoms with van der Waals surface area (Å²) >= 11 is 6.40. The fourth-order valence-electron chi connectivity index (χ4n) is 3.22. The standard InChI is InChI=1S/C22H25ClN2O/c1-16(2)18-11-8-17(9-12-18)10-13-21(26)24-20-7-5-6-19(23)22(20)25-14-3-4-15-25/h5-13,16H,3-4,14-15H2,1-2H3,(H,24,26). The Morgan fingerprint density at radius 3 is 2.46 bits per heavy atom. The van der Waals surface area contributed by atoms with Gasteiger partial charge in [-0.2, -0.15) is 0 Å². The fraction of sp³-hybridized carbons (Fsp3) is 0.318. The monoisotopic (exact) mass is 368 g/mol. The van der Waals surface area contributed by atoms with Crippen LogP contribution in [0.1, 0.15) is 43.7 Å². The molecule has 1 aliphatic heterocycles. The Morgan fingerprint density at radius 1 is 1.12 bits per heavy atom. The number of para-hydroxylation sites is 1. The van der Waals surface area contributed by atoms with Crippen LogP contribution in [0.5, 0.6) is 0 Å². The van der Waals surface area contributed by atoms with Gasteiger partial charge in [-0.15, -0.1) is 0 Å². The molecular weight excluding hydrogens is 344 g/mol. The minimum Gasteiger partial charge on any atom is -0.369 e. The van der Waals surface area contributed by atoms with E-state index in [0.29, 0.717) is 10.9 Å². The average Bonchev–Trinajstić information content (AvgIpc) is 3.14. The maximum Gasteiger partial charge on any atom is 0.248 e. The SMILES string of the molecule is CC(C)c1ccc(C=CC(=O)Nc2cccc(Cl)c2N2CCCC2)cc1. The first-order chi connectivity index (χ1) is 12.5. The van der Waals surface area contributed by atoms with Crippen molar-refractivity contribution in [3.63, 3.8) is 0 Å². The molecule has 0 aromatic heterocycles. The van der Waals surface area contributed by atoms with E-state index in [2.05, 4.69) is 36.2 Å². The lowest BCUT2D eigenvalue weighted by molar-refractivity contribution is -0.111. The van der Waals surface area contributed by atoms with Crippen LogP contribution in [0.25, 0.3) is 6.08 Å². The Bertz CT molecular complexity index is 790. The van der Waals surface area contributed by atoms with Crippen molar-refractivity contribution in [2.24, 2.45) is 0 Å². The van der Waals surface area contributed by atoms with Crippen LogP contribution in [-0.4, -0.2) is 19.0 Å². The largest absolute Gasteiger partial charge is 0.369 e. The van der Waals surface area contributed by atoms with E-state index < -0.39 is 0 Å². The van der Waals surface area contributed by atoms with Crippen molar-refractivity contribution in [2.75, 3.05) is 23.3 Å². The van der Waals surface area contributed by atoms with Gasteiger partial charge in [0, 0.05) is 19.2 Å². The Balaban J connectivity index is 1.71. The van der Waals surface area contributed by atoms with Gasteiger partial charge < -0.3 is 10.2 Å². The van der Waals surface area contributed by atoms with Crippen molar-refractivity contribution in [3.8, 4) is 0 Å². The summed E-state index contributed by atoms with van der Waals surface area (Å²) in [5, 5.41) is 3.65. The molecule has 136 valence electrons. The van der Waals surface area contributed by atoms with Crippen molar-refractivity contribution in [1.82, 2.24) is 0 Å². The number of benzene rings is 2. The molecular formula is C22H25ClN2O. The summed E-state index contributed by atoms with van der Waals surface area (Å²) in [4.78, 5) is 14.6. The summed E-state index contributed by atoms with van der Waals surface area (Å²) in [6.07, 6.45) is 5.72. The molecule has 0 radical (unpaired) electrons. The minimum absolute atomic E-state index is 0.152. The van der Waals surface area contributed by atoms with Crippen LogP contribution in [-0.2, 0) is 4.79 Å². The Labute approximate surface area is 160 Å². The molecule has 0 bridgehead atoms. The third-order valence-electron chi connectivity index (χ3n) is 4.70. The number of rotatable bonds is 5. The molecule has 1 aliphatic rings. The van der Waals surface area contributed by atoms with Gasteiger partial charge in [-0.3, -0.25) is 4.79 Å². The number of halogens is 1. The summed E-state index contributed by atoms with van der Waals surface area (Å²) in [5.74, 6) is 0.351. The number of nitrogens with one attached hydrogen (secondary N) is 1. The topological polar surface area (TPSA) is 32.3 Å². The number of hydrogen-bond donors (Lipinski definition) is 1. The molecule has 3 rings (SSSR count). The Kier molecular flexibility index (Phi) is 6.00. The van der Waals surface area contributed by atoms with Gasteiger partial charge in [0.15, 0.2) is 0 Å². The molecule has 0 unspecified atom stereocenters. The number of carbonyl (C=O) groups excluding carboxylic acids is 1. The van der Waals surface area contributed by atoms with Crippen LogP contribution >= 0.6 is 11.6 Å². The van der Waals surface area contributed by atoms with Crippen LogP contribution in [0.3, 0.4) is 0 Å². The lowest BCUT2D eigenvalue weighted by Crippen LogP contribution is -2.21. The smallest absolute Gasteiger partial charge is 0.248 e. The van der Waals surface area contributed by atoms with Gasteiger partial charge in [0.2, 0.25) is 5.91 Å².